The van der Waals surface area contributed by atoms with Gasteiger partial charge in [0.15, 0.2) is 17.2 Å². The van der Waals surface area contributed by atoms with E-state index in [4.69, 9.17) is 21.1 Å². The number of fused-ring (bicyclic) bond motifs is 5. The highest BCUT2D eigenvalue weighted by atomic mass is 35.5. The lowest BCUT2D eigenvalue weighted by Crippen LogP contribution is -2.58. The summed E-state index contributed by atoms with van der Waals surface area (Å²) in [4.78, 5) is 61.9. The summed E-state index contributed by atoms with van der Waals surface area (Å²) in [6.45, 7) is 14.9. The topological polar surface area (TPSA) is 104 Å². The predicted octanol–water partition coefficient (Wildman–Crippen LogP) is 5.36. The normalized spacial score (nSPS) is 37.1. The Morgan fingerprint density at radius 3 is 2.49 bits per heavy atom. The molecule has 0 spiro atoms. The number of aldehydes is 1. The van der Waals surface area contributed by atoms with Crippen LogP contribution in [-0.2, 0) is 33.4 Å². The number of carbonyl (C=O) groups is 5. The Hall–Kier alpha value is -2.80. The number of hydrogen-bond donors (Lipinski definition) is 0. The molecule has 2 fully saturated rings. The van der Waals surface area contributed by atoms with E-state index in [1.165, 1.54) is 13.8 Å². The maximum Gasteiger partial charge on any atom is 0.306 e. The zero-order valence-corrected chi connectivity index (χ0v) is 23.9. The van der Waals surface area contributed by atoms with Crippen molar-refractivity contribution in [1.82, 2.24) is 0 Å². The molecule has 4 aliphatic rings. The molecule has 0 heterocycles. The number of hydrogen-bond acceptors (Lipinski definition) is 7. The van der Waals surface area contributed by atoms with Gasteiger partial charge in [-0.05, 0) is 61.7 Å². The second-order valence-electron chi connectivity index (χ2n) is 11.9. The summed E-state index contributed by atoms with van der Waals surface area (Å²) in [5.41, 5.74) is -1.29. The third kappa shape index (κ3) is 4.37. The first kappa shape index (κ1) is 29.2. The van der Waals surface area contributed by atoms with Crippen molar-refractivity contribution in [2.45, 2.75) is 84.3 Å². The van der Waals surface area contributed by atoms with Gasteiger partial charge in [-0.3, -0.25) is 19.2 Å². The summed E-state index contributed by atoms with van der Waals surface area (Å²) in [5.74, 6) is -2.19. The van der Waals surface area contributed by atoms with Crippen molar-refractivity contribution < 1.29 is 33.4 Å². The number of Topliss-reactive ketones (excluding diaryl/α,β-unsaturated/α-hetero) is 1. The van der Waals surface area contributed by atoms with Crippen LogP contribution in [0.3, 0.4) is 0 Å². The second kappa shape index (κ2) is 10.3. The van der Waals surface area contributed by atoms with Crippen LogP contribution in [0.5, 0.6) is 0 Å². The molecule has 8 heteroatoms. The molecule has 1 unspecified atom stereocenters. The van der Waals surface area contributed by atoms with Gasteiger partial charge < -0.3 is 14.3 Å². The van der Waals surface area contributed by atoms with Gasteiger partial charge in [0.05, 0.1) is 0 Å². The van der Waals surface area contributed by atoms with E-state index in [-0.39, 0.29) is 42.2 Å². The van der Waals surface area contributed by atoms with E-state index in [1.54, 1.807) is 6.08 Å². The largest absolute Gasteiger partial charge is 0.462 e. The standard InChI is InChI=1S/C31H37ClO7/c1-17-18(2)30(6)22-11-12-29(5)28(21(22)14-24(32)23(30)15-25(17)36)26(38-27(37)10-8-7-9-13-33)16-31(29,19(3)34)39-20(4)35/h13-15,21-22,26,28H,1-2,7-12,16H2,3-6H3/t21-,22+,26?,28-,29+,30-,31+/m1/s1. The van der Waals surface area contributed by atoms with Gasteiger partial charge in [-0.15, -0.1) is 0 Å². The van der Waals surface area contributed by atoms with Crippen molar-refractivity contribution in [3.05, 3.63) is 47.1 Å². The highest BCUT2D eigenvalue weighted by Gasteiger charge is 2.72. The minimum absolute atomic E-state index is 0.0589. The molecule has 7 atom stereocenters. The van der Waals surface area contributed by atoms with Gasteiger partial charge in [0.25, 0.3) is 0 Å². The average Bonchev–Trinajstić information content (AvgIpc) is 3.10. The molecule has 0 aromatic heterocycles. The van der Waals surface area contributed by atoms with E-state index in [2.05, 4.69) is 13.2 Å². The maximum absolute atomic E-state index is 13.3. The van der Waals surface area contributed by atoms with Crippen molar-refractivity contribution in [2.75, 3.05) is 0 Å². The van der Waals surface area contributed by atoms with Crippen LogP contribution >= 0.6 is 11.6 Å². The zero-order valence-electron chi connectivity index (χ0n) is 23.1. The van der Waals surface area contributed by atoms with Crippen molar-refractivity contribution in [3.63, 3.8) is 0 Å². The minimum Gasteiger partial charge on any atom is -0.462 e. The number of halogens is 1. The molecule has 0 radical (unpaired) electrons. The SMILES string of the molecule is C=C1C(=C)[C@@]2(C)C(=CC1=O)C(Cl)=C[C@@H]1[C@@H]2CC[C@@]2(C)[C@H]1C(OC(=O)CCCCC=O)C[C@]2(OC(C)=O)C(C)=O. The van der Waals surface area contributed by atoms with E-state index < -0.39 is 34.5 Å². The van der Waals surface area contributed by atoms with E-state index in [0.717, 1.165) is 6.29 Å². The lowest BCUT2D eigenvalue weighted by atomic mass is 9.46. The van der Waals surface area contributed by atoms with Crippen LogP contribution in [0.1, 0.15) is 72.6 Å². The molecule has 0 aromatic carbocycles. The van der Waals surface area contributed by atoms with Gasteiger partial charge in [0, 0.05) is 53.5 Å². The van der Waals surface area contributed by atoms with Crippen LogP contribution in [0, 0.1) is 28.6 Å². The third-order valence-corrected chi connectivity index (χ3v) is 10.3. The Morgan fingerprint density at radius 2 is 1.87 bits per heavy atom. The van der Waals surface area contributed by atoms with E-state index in [9.17, 15) is 24.0 Å². The monoisotopic (exact) mass is 556 g/mol. The van der Waals surface area contributed by atoms with E-state index in [1.807, 2.05) is 19.9 Å². The number of rotatable bonds is 8. The fraction of sp³-hybridized carbons (Fsp3) is 0.581. The highest BCUT2D eigenvalue weighted by molar-refractivity contribution is 6.33. The Kier molecular flexibility index (Phi) is 7.71. The molecule has 4 rings (SSSR count). The highest BCUT2D eigenvalue weighted by Crippen LogP contribution is 2.69. The van der Waals surface area contributed by atoms with Crippen LogP contribution in [0.15, 0.2) is 47.1 Å². The van der Waals surface area contributed by atoms with E-state index >= 15 is 0 Å². The Balaban J connectivity index is 1.81. The van der Waals surface area contributed by atoms with Crippen LogP contribution in [0.4, 0.5) is 0 Å². The summed E-state index contributed by atoms with van der Waals surface area (Å²) < 4.78 is 12.0. The van der Waals surface area contributed by atoms with Gasteiger partial charge in [0.2, 0.25) is 0 Å². The Bertz CT molecular complexity index is 1230. The predicted molar refractivity (Wildman–Crippen MR) is 145 cm³/mol. The zero-order chi connectivity index (χ0) is 28.9. The first-order valence-corrected chi connectivity index (χ1v) is 14.0. The number of unbranched alkanes of at least 4 members (excludes halogenated alkanes) is 2. The molecule has 4 aliphatic carbocycles. The molecule has 0 saturated heterocycles. The molecule has 0 bridgehead atoms. The summed E-state index contributed by atoms with van der Waals surface area (Å²) in [5, 5.41) is 0.428. The lowest BCUT2D eigenvalue weighted by Gasteiger charge is -2.58. The number of allylic oxidation sites excluding steroid dienone is 6. The summed E-state index contributed by atoms with van der Waals surface area (Å²) in [7, 11) is 0. The molecule has 7 nitrogen and oxygen atoms in total. The summed E-state index contributed by atoms with van der Waals surface area (Å²) in [6, 6.07) is 0. The maximum atomic E-state index is 13.3. The summed E-state index contributed by atoms with van der Waals surface area (Å²) in [6.07, 6.45) is 6.42. The molecule has 0 aromatic rings. The smallest absolute Gasteiger partial charge is 0.306 e. The lowest BCUT2D eigenvalue weighted by molar-refractivity contribution is -0.185. The third-order valence-electron chi connectivity index (χ3n) is 9.98. The van der Waals surface area contributed by atoms with Crippen molar-refractivity contribution in [1.29, 1.82) is 0 Å². The van der Waals surface area contributed by atoms with Gasteiger partial charge in [-0.2, -0.15) is 0 Å². The van der Waals surface area contributed by atoms with Gasteiger partial charge in [-0.25, -0.2) is 0 Å². The van der Waals surface area contributed by atoms with Crippen LogP contribution < -0.4 is 0 Å². The fourth-order valence-electron chi connectivity index (χ4n) is 8.01. The van der Waals surface area contributed by atoms with Crippen LogP contribution in [0.25, 0.3) is 0 Å². The van der Waals surface area contributed by atoms with Gasteiger partial charge in [-0.1, -0.05) is 44.7 Å². The quantitative estimate of drug-likeness (QED) is 0.171. The molecule has 0 aliphatic heterocycles. The van der Waals surface area contributed by atoms with Gasteiger partial charge >= 0.3 is 11.9 Å². The molecule has 0 N–H and O–H groups in total. The fourth-order valence-corrected chi connectivity index (χ4v) is 8.41. The van der Waals surface area contributed by atoms with E-state index in [0.29, 0.717) is 53.9 Å². The molecule has 2 saturated carbocycles. The van der Waals surface area contributed by atoms with Gasteiger partial charge in [0.1, 0.15) is 12.4 Å². The molecular formula is C31H37ClO7. The van der Waals surface area contributed by atoms with Crippen molar-refractivity contribution >= 4 is 41.4 Å². The first-order chi connectivity index (χ1) is 18.2. The van der Waals surface area contributed by atoms with Crippen LogP contribution in [0.2, 0.25) is 0 Å². The number of carbonyl (C=O) groups excluding carboxylic acids is 5. The number of ketones is 2. The first-order valence-electron chi connectivity index (χ1n) is 13.6. The average molecular weight is 557 g/mol. The molecule has 39 heavy (non-hydrogen) atoms. The molecule has 210 valence electrons. The minimum atomic E-state index is -1.46. The summed E-state index contributed by atoms with van der Waals surface area (Å²) >= 11 is 6.86. The van der Waals surface area contributed by atoms with Crippen LogP contribution in [-0.4, -0.2) is 41.5 Å². The molecule has 0 amide bonds. The van der Waals surface area contributed by atoms with Crippen molar-refractivity contribution in [3.8, 4) is 0 Å². The molecular weight excluding hydrogens is 520 g/mol. The number of ether oxygens (including phenoxy) is 2. The Morgan fingerprint density at radius 1 is 1.18 bits per heavy atom. The second-order valence-corrected chi connectivity index (χ2v) is 12.3. The number of esters is 2. The van der Waals surface area contributed by atoms with Crippen molar-refractivity contribution in [2.24, 2.45) is 28.6 Å². The Labute approximate surface area is 234 Å².